The van der Waals surface area contributed by atoms with Gasteiger partial charge in [-0.2, -0.15) is 4.68 Å². The fourth-order valence-electron chi connectivity index (χ4n) is 4.53. The molecule has 0 aliphatic carbocycles. The number of carbonyl (C=O) groups excluding carboxylic acids is 1. The quantitative estimate of drug-likeness (QED) is 0.256. The van der Waals surface area contributed by atoms with Crippen molar-refractivity contribution in [2.75, 3.05) is 17.7 Å². The van der Waals surface area contributed by atoms with Crippen LogP contribution in [-0.2, 0) is 11.4 Å². The summed E-state index contributed by atoms with van der Waals surface area (Å²) in [6.07, 6.45) is 0. The molecular weight excluding hydrogens is 584 g/mol. The van der Waals surface area contributed by atoms with E-state index in [9.17, 15) is 4.79 Å². The molecule has 1 aliphatic rings. The number of benzene rings is 3. The van der Waals surface area contributed by atoms with Crippen LogP contribution in [0.4, 0.5) is 11.6 Å². The highest BCUT2D eigenvalue weighted by Crippen LogP contribution is 2.43. The molecule has 9 nitrogen and oxygen atoms in total. The van der Waals surface area contributed by atoms with Crippen LogP contribution in [0.3, 0.4) is 0 Å². The Morgan fingerprint density at radius 3 is 2.62 bits per heavy atom. The maximum absolute atomic E-state index is 13.8. The van der Waals surface area contributed by atoms with E-state index in [-0.39, 0.29) is 5.91 Å². The largest absolute Gasteiger partial charge is 0.493 e. The predicted octanol–water partition coefficient (Wildman–Crippen LogP) is 6.22. The van der Waals surface area contributed by atoms with Crippen LogP contribution >= 0.6 is 27.5 Å². The lowest BCUT2D eigenvalue weighted by atomic mass is 9.94. The van der Waals surface area contributed by atoms with Crippen LogP contribution in [0.2, 0.25) is 5.02 Å². The van der Waals surface area contributed by atoms with Crippen LogP contribution in [0, 0.1) is 13.8 Å². The lowest BCUT2D eigenvalue weighted by molar-refractivity contribution is -0.113. The number of nitrogens with one attached hydrogen (secondary N) is 2. The Kier molecular flexibility index (Phi) is 7.58. The van der Waals surface area contributed by atoms with E-state index in [0.29, 0.717) is 44.8 Å². The van der Waals surface area contributed by atoms with Crippen molar-refractivity contribution in [3.8, 4) is 11.5 Å². The fourth-order valence-corrected chi connectivity index (χ4v) is 5.23. The molecule has 5 rings (SSSR count). The number of hydrogen-bond acceptors (Lipinski definition) is 7. The van der Waals surface area contributed by atoms with Crippen molar-refractivity contribution >= 4 is 45.1 Å². The standard InChI is InChI=1S/C28H26BrClN6O3/c1-15-5-10-22(16(2)11-15)32-27(37)24-17(3)31-28-33-34-35-36(28)25(24)19-12-21(29)26(23(13-19)38-4)39-14-18-6-8-20(30)9-7-18/h5-13,25H,14H2,1-4H3,(H,32,37)(H,31,33,35). The number of methoxy groups -OCH3 is 1. The van der Waals surface area contributed by atoms with Crippen LogP contribution in [0.15, 0.2) is 70.3 Å². The number of rotatable bonds is 7. The monoisotopic (exact) mass is 608 g/mol. The van der Waals surface area contributed by atoms with Gasteiger partial charge in [0.1, 0.15) is 12.6 Å². The number of ether oxygens (including phenoxy) is 2. The molecule has 1 atom stereocenters. The zero-order chi connectivity index (χ0) is 27.7. The number of halogens is 2. The molecule has 0 radical (unpaired) electrons. The highest BCUT2D eigenvalue weighted by atomic mass is 79.9. The number of anilines is 2. The summed E-state index contributed by atoms with van der Waals surface area (Å²) in [7, 11) is 1.57. The topological polar surface area (TPSA) is 103 Å². The van der Waals surface area contributed by atoms with E-state index in [1.165, 1.54) is 0 Å². The number of amides is 1. The lowest BCUT2D eigenvalue weighted by Gasteiger charge is -2.29. The minimum Gasteiger partial charge on any atom is -0.493 e. The van der Waals surface area contributed by atoms with Crippen LogP contribution in [0.1, 0.15) is 35.2 Å². The number of carbonyl (C=O) groups is 1. The van der Waals surface area contributed by atoms with Crippen molar-refractivity contribution in [2.24, 2.45) is 0 Å². The maximum atomic E-state index is 13.8. The molecule has 11 heteroatoms. The van der Waals surface area contributed by atoms with E-state index >= 15 is 0 Å². The average Bonchev–Trinajstić information content (AvgIpc) is 3.37. The molecule has 2 heterocycles. The lowest BCUT2D eigenvalue weighted by Crippen LogP contribution is -2.31. The molecule has 2 N–H and O–H groups in total. The molecule has 0 saturated heterocycles. The average molecular weight is 610 g/mol. The second-order valence-electron chi connectivity index (χ2n) is 9.24. The highest BCUT2D eigenvalue weighted by molar-refractivity contribution is 9.10. The van der Waals surface area contributed by atoms with Gasteiger partial charge in [0.05, 0.1) is 17.2 Å². The van der Waals surface area contributed by atoms with Gasteiger partial charge in [-0.05, 0) is 94.2 Å². The van der Waals surface area contributed by atoms with E-state index in [2.05, 4.69) is 42.1 Å². The summed E-state index contributed by atoms with van der Waals surface area (Å²) in [5, 5.41) is 19.0. The summed E-state index contributed by atoms with van der Waals surface area (Å²) in [6.45, 7) is 6.13. The summed E-state index contributed by atoms with van der Waals surface area (Å²) in [6, 6.07) is 16.4. The number of nitrogens with zero attached hydrogens (tertiary/aromatic N) is 4. The first-order valence-corrected chi connectivity index (χ1v) is 13.3. The highest BCUT2D eigenvalue weighted by Gasteiger charge is 2.35. The second-order valence-corrected chi connectivity index (χ2v) is 10.5. The molecule has 0 bridgehead atoms. The summed E-state index contributed by atoms with van der Waals surface area (Å²) >= 11 is 9.65. The van der Waals surface area contributed by atoms with Gasteiger partial charge in [-0.25, -0.2) is 0 Å². The van der Waals surface area contributed by atoms with Gasteiger partial charge in [0.25, 0.3) is 5.91 Å². The Morgan fingerprint density at radius 2 is 1.90 bits per heavy atom. The number of allylic oxidation sites excluding steroid dienone is 1. The third-order valence-corrected chi connectivity index (χ3v) is 7.29. The van der Waals surface area contributed by atoms with Gasteiger partial charge in [-0.15, -0.1) is 0 Å². The van der Waals surface area contributed by atoms with Crippen molar-refractivity contribution in [1.82, 2.24) is 20.2 Å². The number of tetrazole rings is 1. The van der Waals surface area contributed by atoms with Crippen molar-refractivity contribution in [3.05, 3.63) is 97.6 Å². The van der Waals surface area contributed by atoms with Gasteiger partial charge in [0.2, 0.25) is 5.95 Å². The van der Waals surface area contributed by atoms with Gasteiger partial charge in [-0.3, -0.25) is 4.79 Å². The van der Waals surface area contributed by atoms with Crippen LogP contribution in [0.25, 0.3) is 0 Å². The van der Waals surface area contributed by atoms with Gasteiger partial charge in [0, 0.05) is 16.4 Å². The number of aromatic nitrogens is 4. The van der Waals surface area contributed by atoms with Gasteiger partial charge < -0.3 is 20.1 Å². The molecule has 0 fully saturated rings. The first-order chi connectivity index (χ1) is 18.7. The molecule has 1 aliphatic heterocycles. The Hall–Kier alpha value is -3.89. The number of fused-ring (bicyclic) bond motifs is 1. The summed E-state index contributed by atoms with van der Waals surface area (Å²) in [5.41, 5.74) is 5.62. The van der Waals surface area contributed by atoms with E-state index < -0.39 is 6.04 Å². The van der Waals surface area contributed by atoms with E-state index in [1.807, 2.05) is 75.4 Å². The molecule has 200 valence electrons. The van der Waals surface area contributed by atoms with Crippen molar-refractivity contribution < 1.29 is 14.3 Å². The SMILES string of the molecule is COc1cc(C2C(C(=O)Nc3ccc(C)cc3C)=C(C)Nc3nnnn32)cc(Br)c1OCc1ccc(Cl)cc1. The molecule has 3 aromatic carbocycles. The Balaban J connectivity index is 1.51. The summed E-state index contributed by atoms with van der Waals surface area (Å²) in [4.78, 5) is 13.8. The van der Waals surface area contributed by atoms with Gasteiger partial charge in [0.15, 0.2) is 11.5 Å². The van der Waals surface area contributed by atoms with Crippen molar-refractivity contribution in [1.29, 1.82) is 0 Å². The molecule has 1 unspecified atom stereocenters. The van der Waals surface area contributed by atoms with Gasteiger partial charge in [-0.1, -0.05) is 46.5 Å². The Morgan fingerprint density at radius 1 is 1.13 bits per heavy atom. The van der Waals surface area contributed by atoms with E-state index in [0.717, 1.165) is 27.9 Å². The van der Waals surface area contributed by atoms with Crippen LogP contribution in [-0.4, -0.2) is 33.2 Å². The number of aryl methyl sites for hydroxylation is 2. The zero-order valence-electron chi connectivity index (χ0n) is 21.8. The van der Waals surface area contributed by atoms with E-state index in [4.69, 9.17) is 21.1 Å². The first kappa shape index (κ1) is 26.7. The molecule has 4 aromatic rings. The normalized spacial score (nSPS) is 14.5. The second kappa shape index (κ2) is 11.1. The first-order valence-electron chi connectivity index (χ1n) is 12.1. The summed E-state index contributed by atoms with van der Waals surface area (Å²) < 4.78 is 14.1. The van der Waals surface area contributed by atoms with E-state index in [1.54, 1.807) is 11.8 Å². The number of hydrogen-bond donors (Lipinski definition) is 2. The van der Waals surface area contributed by atoms with Gasteiger partial charge >= 0.3 is 0 Å². The minimum absolute atomic E-state index is 0.267. The van der Waals surface area contributed by atoms with Crippen LogP contribution in [0.5, 0.6) is 11.5 Å². The minimum atomic E-state index is -0.627. The Labute approximate surface area is 239 Å². The van der Waals surface area contributed by atoms with Crippen molar-refractivity contribution in [2.45, 2.75) is 33.4 Å². The Bertz CT molecular complexity index is 1580. The fraction of sp³-hybridized carbons (Fsp3) is 0.214. The predicted molar refractivity (Wildman–Crippen MR) is 153 cm³/mol. The molecule has 39 heavy (non-hydrogen) atoms. The third kappa shape index (κ3) is 5.48. The molecule has 1 aromatic heterocycles. The smallest absolute Gasteiger partial charge is 0.255 e. The van der Waals surface area contributed by atoms with Crippen LogP contribution < -0.4 is 20.1 Å². The van der Waals surface area contributed by atoms with Crippen molar-refractivity contribution in [3.63, 3.8) is 0 Å². The molecule has 0 saturated carbocycles. The molecular formula is C28H26BrClN6O3. The molecule has 1 amide bonds. The zero-order valence-corrected chi connectivity index (χ0v) is 24.1. The molecule has 0 spiro atoms. The maximum Gasteiger partial charge on any atom is 0.255 e. The third-order valence-electron chi connectivity index (χ3n) is 6.45. The summed E-state index contributed by atoms with van der Waals surface area (Å²) in [5.74, 6) is 1.19.